The molecule has 0 aromatic heterocycles. The highest BCUT2D eigenvalue weighted by Crippen LogP contribution is 2.59. The summed E-state index contributed by atoms with van der Waals surface area (Å²) in [6, 6.07) is 11.4. The summed E-state index contributed by atoms with van der Waals surface area (Å²) in [7, 11) is 0. The van der Waals surface area contributed by atoms with E-state index in [1.807, 2.05) is 13.0 Å². The van der Waals surface area contributed by atoms with Crippen molar-refractivity contribution in [1.82, 2.24) is 0 Å². The first kappa shape index (κ1) is 24.3. The van der Waals surface area contributed by atoms with E-state index in [0.717, 1.165) is 10.0 Å². The zero-order valence-electron chi connectivity index (χ0n) is 18.5. The van der Waals surface area contributed by atoms with Gasteiger partial charge in [0.1, 0.15) is 0 Å². The van der Waals surface area contributed by atoms with Crippen molar-refractivity contribution in [3.8, 4) is 0 Å². The number of amides is 3. The number of carbonyl (C=O) groups excluding carboxylic acids is 4. The van der Waals surface area contributed by atoms with Crippen LogP contribution >= 0.6 is 39.1 Å². The number of nitrogens with zero attached hydrogens (tertiary/aromatic N) is 1. The van der Waals surface area contributed by atoms with E-state index in [-0.39, 0.29) is 40.0 Å². The van der Waals surface area contributed by atoms with Crippen LogP contribution < -0.4 is 10.2 Å². The number of halogens is 3. The molecule has 1 aliphatic heterocycles. The molecule has 0 unspecified atom stereocenters. The smallest absolute Gasteiger partial charge is 0.338 e. The number of carbonyl (C=O) groups is 4. The Hall–Kier alpha value is -2.42. The van der Waals surface area contributed by atoms with Gasteiger partial charge in [-0.3, -0.25) is 19.3 Å². The van der Waals surface area contributed by atoms with Crippen LogP contribution in [0.4, 0.5) is 11.4 Å². The van der Waals surface area contributed by atoms with Crippen LogP contribution in [0.5, 0.6) is 0 Å². The van der Waals surface area contributed by atoms with E-state index < -0.39 is 30.3 Å². The molecule has 0 spiro atoms. The summed E-state index contributed by atoms with van der Waals surface area (Å²) in [4.78, 5) is 52.0. The molecule has 1 N–H and O–H groups in total. The van der Waals surface area contributed by atoms with Crippen molar-refractivity contribution in [3.05, 3.63) is 58.1 Å². The molecule has 3 fully saturated rings. The molecule has 2 aromatic carbocycles. The zero-order valence-corrected chi connectivity index (χ0v) is 21.6. The largest absolute Gasteiger partial charge is 0.452 e. The summed E-state index contributed by atoms with van der Waals surface area (Å²) in [5.41, 5.74) is 2.06. The number of hydrogen-bond donors (Lipinski definition) is 1. The van der Waals surface area contributed by atoms with Gasteiger partial charge in [0, 0.05) is 10.2 Å². The van der Waals surface area contributed by atoms with Gasteiger partial charge >= 0.3 is 5.97 Å². The lowest BCUT2D eigenvalue weighted by atomic mass is 9.80. The molecule has 6 atom stereocenters. The number of esters is 1. The molecule has 2 aliphatic carbocycles. The molecule has 3 aliphatic rings. The average molecular weight is 580 g/mol. The van der Waals surface area contributed by atoms with E-state index >= 15 is 0 Å². The lowest BCUT2D eigenvalue weighted by Crippen LogP contribution is -2.37. The summed E-state index contributed by atoms with van der Waals surface area (Å²) in [5, 5.41) is 2.06. The Labute approximate surface area is 220 Å². The van der Waals surface area contributed by atoms with Crippen LogP contribution in [-0.2, 0) is 19.1 Å². The first-order chi connectivity index (χ1) is 16.7. The number of anilines is 2. The minimum atomic E-state index is -0.691. The number of rotatable bonds is 5. The third-order valence-corrected chi connectivity index (χ3v) is 8.96. The number of aryl methyl sites for hydroxylation is 1. The summed E-state index contributed by atoms with van der Waals surface area (Å²) >= 11 is 16.2. The summed E-state index contributed by atoms with van der Waals surface area (Å²) < 4.78 is 6.01. The lowest BCUT2D eigenvalue weighted by molar-refractivity contribution is -0.123. The van der Waals surface area contributed by atoms with Crippen molar-refractivity contribution in [2.45, 2.75) is 24.1 Å². The third-order valence-electron chi connectivity index (χ3n) is 7.15. The van der Waals surface area contributed by atoms with Crippen LogP contribution in [0.3, 0.4) is 0 Å². The Morgan fingerprint density at radius 3 is 2.20 bits per heavy atom. The van der Waals surface area contributed by atoms with Gasteiger partial charge in [-0.2, -0.15) is 0 Å². The van der Waals surface area contributed by atoms with Crippen LogP contribution in [0.2, 0.25) is 0 Å². The van der Waals surface area contributed by atoms with Gasteiger partial charge in [0.2, 0.25) is 11.8 Å². The Bertz CT molecular complexity index is 1200. The maximum Gasteiger partial charge on any atom is 0.338 e. The molecule has 2 aromatic rings. The topological polar surface area (TPSA) is 92.8 Å². The number of benzene rings is 2. The molecule has 5 rings (SSSR count). The Kier molecular flexibility index (Phi) is 6.40. The van der Waals surface area contributed by atoms with Gasteiger partial charge in [0.15, 0.2) is 6.61 Å². The highest BCUT2D eigenvalue weighted by molar-refractivity contribution is 9.10. The number of alkyl halides is 2. The lowest BCUT2D eigenvalue weighted by Gasteiger charge is -2.28. The molecule has 3 amide bonds. The molecule has 7 nitrogen and oxygen atoms in total. The Morgan fingerprint density at radius 2 is 1.63 bits per heavy atom. The second-order valence-corrected chi connectivity index (χ2v) is 11.1. The van der Waals surface area contributed by atoms with Crippen molar-refractivity contribution < 1.29 is 23.9 Å². The monoisotopic (exact) mass is 578 g/mol. The van der Waals surface area contributed by atoms with Gasteiger partial charge in [-0.25, -0.2) is 4.79 Å². The van der Waals surface area contributed by atoms with Gasteiger partial charge in [-0.15, -0.1) is 23.2 Å². The first-order valence-corrected chi connectivity index (χ1v) is 12.8. The minimum Gasteiger partial charge on any atom is -0.452 e. The Balaban J connectivity index is 1.21. The van der Waals surface area contributed by atoms with Gasteiger partial charge < -0.3 is 10.1 Å². The molecule has 2 bridgehead atoms. The minimum absolute atomic E-state index is 0.0998. The highest BCUT2D eigenvalue weighted by atomic mass is 79.9. The maximum atomic E-state index is 13.1. The molecule has 1 saturated heterocycles. The van der Waals surface area contributed by atoms with Crippen LogP contribution in [0.1, 0.15) is 22.3 Å². The molecule has 2 saturated carbocycles. The molecule has 1 heterocycles. The normalized spacial score (nSPS) is 28.9. The van der Waals surface area contributed by atoms with E-state index in [2.05, 4.69) is 21.2 Å². The van der Waals surface area contributed by atoms with Gasteiger partial charge in [0.25, 0.3) is 5.91 Å². The molecular weight excluding hydrogens is 559 g/mol. The van der Waals surface area contributed by atoms with E-state index in [1.165, 1.54) is 29.2 Å². The van der Waals surface area contributed by atoms with Crippen LogP contribution in [0, 0.1) is 30.6 Å². The summed E-state index contributed by atoms with van der Waals surface area (Å²) in [6.45, 7) is 1.40. The van der Waals surface area contributed by atoms with Crippen molar-refractivity contribution in [3.63, 3.8) is 0 Å². The van der Waals surface area contributed by atoms with Crippen LogP contribution in [-0.4, -0.2) is 41.1 Å². The number of nitrogens with one attached hydrogen (secondary N) is 1. The second-order valence-electron chi connectivity index (χ2n) is 9.15. The quantitative estimate of drug-likeness (QED) is 0.319. The maximum absolute atomic E-state index is 13.1. The number of fused-ring (bicyclic) bond motifs is 5. The number of imide groups is 1. The van der Waals surface area contributed by atoms with Gasteiger partial charge in [-0.1, -0.05) is 15.9 Å². The van der Waals surface area contributed by atoms with Crippen molar-refractivity contribution in [2.75, 3.05) is 16.8 Å². The number of hydrogen-bond acceptors (Lipinski definition) is 5. The van der Waals surface area contributed by atoms with E-state index in [0.29, 0.717) is 17.8 Å². The zero-order chi connectivity index (χ0) is 25.0. The second kappa shape index (κ2) is 9.22. The predicted molar refractivity (Wildman–Crippen MR) is 135 cm³/mol. The first-order valence-electron chi connectivity index (χ1n) is 11.2. The van der Waals surface area contributed by atoms with E-state index in [9.17, 15) is 19.2 Å². The fourth-order valence-corrected chi connectivity index (χ4v) is 6.89. The predicted octanol–water partition coefficient (Wildman–Crippen LogP) is 4.52. The summed E-state index contributed by atoms with van der Waals surface area (Å²) in [5.74, 6) is -2.78. The number of ether oxygens (including phenoxy) is 1. The SMILES string of the molecule is Cc1cc(Br)ccc1NC(=O)COC(=O)c1ccc(N2C(=O)[C@@H]3[C@H]4C[C@@H]([C@@H](Cl)[C@H]4Cl)[C@H]3C2=O)cc1. The highest BCUT2D eigenvalue weighted by Gasteiger charge is 2.66. The molecular formula is C25H21BrCl2N2O5. The average Bonchev–Trinajstić information content (AvgIpc) is 3.44. The van der Waals surface area contributed by atoms with Crippen LogP contribution in [0.15, 0.2) is 46.9 Å². The van der Waals surface area contributed by atoms with Crippen molar-refractivity contribution in [1.29, 1.82) is 0 Å². The fraction of sp³-hybridized carbons (Fsp3) is 0.360. The molecule has 35 heavy (non-hydrogen) atoms. The Morgan fingerprint density at radius 1 is 1.03 bits per heavy atom. The fourth-order valence-electron chi connectivity index (χ4n) is 5.52. The summed E-state index contributed by atoms with van der Waals surface area (Å²) in [6.07, 6.45) is 0.697. The molecule has 0 radical (unpaired) electrons. The van der Waals surface area contributed by atoms with Gasteiger partial charge in [0.05, 0.1) is 33.8 Å². The van der Waals surface area contributed by atoms with Crippen LogP contribution in [0.25, 0.3) is 0 Å². The van der Waals surface area contributed by atoms with E-state index in [1.54, 1.807) is 12.1 Å². The van der Waals surface area contributed by atoms with Gasteiger partial charge in [-0.05, 0) is 73.2 Å². The molecule has 10 heteroatoms. The third kappa shape index (κ3) is 4.15. The molecule has 182 valence electrons. The standard InChI is InChI=1S/C25H21BrCl2N2O5/c1-11-8-13(26)4-7-17(11)29-18(31)10-35-25(34)12-2-5-14(6-3-12)30-23(32)19-15-9-16(20(19)24(30)33)22(28)21(15)27/h2-8,15-16,19-22H,9-10H2,1H3,(H,29,31)/t15-,16-,19-,20-,21-,22+/m1/s1. The van der Waals surface area contributed by atoms with Crippen molar-refractivity contribution in [2.24, 2.45) is 23.7 Å². The van der Waals surface area contributed by atoms with E-state index in [4.69, 9.17) is 27.9 Å². The van der Waals surface area contributed by atoms with Crippen molar-refractivity contribution >= 4 is 74.2 Å².